The molecule has 2 aliphatic heterocycles. The Morgan fingerprint density at radius 3 is 2.46 bits per heavy atom. The zero-order valence-corrected chi connectivity index (χ0v) is 24.9. The number of aromatic nitrogens is 2. The predicted molar refractivity (Wildman–Crippen MR) is 161 cm³/mol. The second-order valence-corrected chi connectivity index (χ2v) is 13.9. The number of nitrogens with one attached hydrogen (secondary N) is 2. The van der Waals surface area contributed by atoms with E-state index in [1.807, 2.05) is 13.3 Å². The highest BCUT2D eigenvalue weighted by Gasteiger charge is 2.41. The Kier molecular flexibility index (Phi) is 8.59. The molecule has 0 amide bonds. The zero-order chi connectivity index (χ0) is 28.5. The van der Waals surface area contributed by atoms with Gasteiger partial charge in [0, 0.05) is 34.8 Å². The van der Waals surface area contributed by atoms with Crippen LogP contribution >= 0.6 is 19.5 Å². The van der Waals surface area contributed by atoms with Gasteiger partial charge in [-0.2, -0.15) is 13.8 Å². The monoisotopic (exact) mass is 601 g/mol. The van der Waals surface area contributed by atoms with Gasteiger partial charge in [-0.1, -0.05) is 25.6 Å². The molecule has 1 aromatic heterocycles. The van der Waals surface area contributed by atoms with E-state index in [-0.39, 0.29) is 5.75 Å². The first kappa shape index (κ1) is 28.5. The van der Waals surface area contributed by atoms with E-state index >= 15 is 0 Å². The molecule has 7 nitrogen and oxygen atoms in total. The van der Waals surface area contributed by atoms with Crippen molar-refractivity contribution in [1.29, 1.82) is 0 Å². The van der Waals surface area contributed by atoms with Crippen LogP contribution in [-0.2, 0) is 17.6 Å². The van der Waals surface area contributed by atoms with E-state index in [1.165, 1.54) is 36.5 Å². The molecule has 3 aliphatic rings. The van der Waals surface area contributed by atoms with E-state index in [4.69, 9.17) is 16.3 Å². The smallest absolute Gasteiger partial charge is 0.387 e. The molecule has 218 valence electrons. The van der Waals surface area contributed by atoms with Crippen LogP contribution in [0.4, 0.5) is 31.9 Å². The van der Waals surface area contributed by atoms with Gasteiger partial charge in [0.25, 0.3) is 0 Å². The van der Waals surface area contributed by atoms with Gasteiger partial charge in [0.15, 0.2) is 5.82 Å². The van der Waals surface area contributed by atoms with Crippen LogP contribution in [0, 0.1) is 0 Å². The Balaban J connectivity index is 1.16. The molecule has 0 radical (unpaired) electrons. The van der Waals surface area contributed by atoms with Gasteiger partial charge in [-0.3, -0.25) is 4.90 Å². The van der Waals surface area contributed by atoms with Crippen molar-refractivity contribution in [3.05, 3.63) is 58.7 Å². The first-order valence-electron chi connectivity index (χ1n) is 14.1. The van der Waals surface area contributed by atoms with Crippen LogP contribution in [0.3, 0.4) is 0 Å². The minimum Gasteiger partial charge on any atom is -0.435 e. The molecule has 3 aromatic rings. The van der Waals surface area contributed by atoms with Crippen LogP contribution in [0.2, 0.25) is 5.02 Å². The second kappa shape index (κ2) is 12.3. The summed E-state index contributed by atoms with van der Waals surface area (Å²) in [6, 6.07) is 13.2. The number of aryl methyl sites for hydroxylation is 2. The highest BCUT2D eigenvalue weighted by atomic mass is 35.5. The van der Waals surface area contributed by atoms with Crippen molar-refractivity contribution in [2.24, 2.45) is 0 Å². The molecule has 0 saturated carbocycles. The lowest BCUT2D eigenvalue weighted by atomic mass is 10.0. The molecule has 3 atom stereocenters. The van der Waals surface area contributed by atoms with E-state index in [2.05, 4.69) is 48.4 Å². The summed E-state index contributed by atoms with van der Waals surface area (Å²) in [6.45, 7) is 2.97. The van der Waals surface area contributed by atoms with Gasteiger partial charge in [-0.15, -0.1) is 0 Å². The maximum absolute atomic E-state index is 12.7. The van der Waals surface area contributed by atoms with Gasteiger partial charge in [-0.25, -0.2) is 4.98 Å². The van der Waals surface area contributed by atoms with E-state index in [1.54, 1.807) is 18.3 Å². The SMILES string of the molecule is CP(C)c1cc(OC(F)F)ccc1Nc1nc(Nc2ccc3c(c2)CCC(N2C4CCC2COC4)CC3)ncc1Cl. The molecule has 2 aromatic carbocycles. The first-order chi connectivity index (χ1) is 19.8. The number of hydrogen-bond acceptors (Lipinski definition) is 7. The van der Waals surface area contributed by atoms with Gasteiger partial charge >= 0.3 is 6.61 Å². The molecule has 2 fully saturated rings. The van der Waals surface area contributed by atoms with Crippen molar-refractivity contribution in [3.8, 4) is 5.75 Å². The van der Waals surface area contributed by atoms with Crippen molar-refractivity contribution in [2.45, 2.75) is 63.3 Å². The van der Waals surface area contributed by atoms with Gasteiger partial charge in [0.1, 0.15) is 10.8 Å². The summed E-state index contributed by atoms with van der Waals surface area (Å²) in [7, 11) is -0.626. The predicted octanol–water partition coefficient (Wildman–Crippen LogP) is 6.70. The van der Waals surface area contributed by atoms with Crippen LogP contribution in [0.5, 0.6) is 5.75 Å². The molecule has 1 aliphatic carbocycles. The van der Waals surface area contributed by atoms with Gasteiger partial charge in [0.05, 0.1) is 19.4 Å². The first-order valence-corrected chi connectivity index (χ1v) is 16.7. The number of fused-ring (bicyclic) bond motifs is 3. The average molecular weight is 602 g/mol. The lowest BCUT2D eigenvalue weighted by molar-refractivity contribution is -0.0497. The number of hydrogen-bond donors (Lipinski definition) is 2. The van der Waals surface area contributed by atoms with E-state index < -0.39 is 14.5 Å². The maximum Gasteiger partial charge on any atom is 0.387 e. The number of alkyl halides is 2. The molecule has 11 heteroatoms. The molecule has 0 spiro atoms. The third-order valence-electron chi connectivity index (χ3n) is 8.35. The Bertz CT molecular complexity index is 1380. The Morgan fingerprint density at radius 1 is 0.976 bits per heavy atom. The van der Waals surface area contributed by atoms with Gasteiger partial charge < -0.3 is 20.1 Å². The summed E-state index contributed by atoms with van der Waals surface area (Å²) >= 11 is 6.45. The summed E-state index contributed by atoms with van der Waals surface area (Å²) in [5.74, 6) is 0.977. The molecule has 6 rings (SSSR count). The summed E-state index contributed by atoms with van der Waals surface area (Å²) in [5.41, 5.74) is 4.46. The van der Waals surface area contributed by atoms with Crippen molar-refractivity contribution in [1.82, 2.24) is 14.9 Å². The summed E-state index contributed by atoms with van der Waals surface area (Å²) in [6.07, 6.45) is 8.57. The summed E-state index contributed by atoms with van der Waals surface area (Å²) in [5, 5.41) is 7.85. The molecule has 2 bridgehead atoms. The minimum atomic E-state index is -2.87. The number of nitrogens with zero attached hydrogens (tertiary/aromatic N) is 3. The quantitative estimate of drug-likeness (QED) is 0.220. The summed E-state index contributed by atoms with van der Waals surface area (Å²) in [4.78, 5) is 11.8. The number of morpholine rings is 1. The van der Waals surface area contributed by atoms with Crippen LogP contribution in [-0.4, -0.2) is 66.1 Å². The number of benzene rings is 2. The number of rotatable bonds is 8. The van der Waals surface area contributed by atoms with Crippen LogP contribution < -0.4 is 20.7 Å². The van der Waals surface area contributed by atoms with E-state index in [0.29, 0.717) is 34.9 Å². The van der Waals surface area contributed by atoms with Crippen LogP contribution in [0.15, 0.2) is 42.6 Å². The van der Waals surface area contributed by atoms with Crippen molar-refractivity contribution in [2.75, 3.05) is 37.2 Å². The van der Waals surface area contributed by atoms with E-state index in [9.17, 15) is 8.78 Å². The molecule has 3 heterocycles. The molecule has 2 saturated heterocycles. The fourth-order valence-electron chi connectivity index (χ4n) is 6.46. The third-order valence-corrected chi connectivity index (χ3v) is 9.96. The number of ether oxygens (including phenoxy) is 2. The Hall–Kier alpha value is -2.58. The molecule has 3 unspecified atom stereocenters. The van der Waals surface area contributed by atoms with Crippen molar-refractivity contribution >= 4 is 48.0 Å². The van der Waals surface area contributed by atoms with E-state index in [0.717, 1.165) is 49.2 Å². The average Bonchev–Trinajstić information content (AvgIpc) is 3.09. The normalized spacial score (nSPS) is 22.5. The van der Waals surface area contributed by atoms with Crippen molar-refractivity contribution < 1.29 is 18.3 Å². The molecule has 2 N–H and O–H groups in total. The van der Waals surface area contributed by atoms with Gasteiger partial charge in [0.2, 0.25) is 5.95 Å². The highest BCUT2D eigenvalue weighted by molar-refractivity contribution is 7.64. The zero-order valence-electron chi connectivity index (χ0n) is 23.2. The second-order valence-electron chi connectivity index (χ2n) is 11.2. The number of anilines is 4. The number of halogens is 3. The van der Waals surface area contributed by atoms with Gasteiger partial charge in [-0.05, 0) is 93.3 Å². The maximum atomic E-state index is 12.7. The van der Waals surface area contributed by atoms with Crippen LogP contribution in [0.1, 0.15) is 36.8 Å². The third kappa shape index (κ3) is 6.43. The largest absolute Gasteiger partial charge is 0.435 e. The topological polar surface area (TPSA) is 71.5 Å². The standard InChI is InChI=1S/C30H35ClF2N5O2P/c1-41(2)27-14-24(40-29(32)33)11-12-26(27)36-28-25(31)15-34-30(37-28)35-20-6-3-18-4-7-21(8-5-19(18)13-20)38-22-9-10-23(38)17-39-16-22/h3,6,11-15,21-23,29H,4-5,7-10,16-17H2,1-2H3,(H2,34,35,36,37). The fraction of sp³-hybridized carbons (Fsp3) is 0.467. The highest BCUT2D eigenvalue weighted by Crippen LogP contribution is 2.37. The lowest BCUT2D eigenvalue weighted by Crippen LogP contribution is -2.51. The fourth-order valence-corrected chi connectivity index (χ4v) is 7.59. The minimum absolute atomic E-state index is 0.125. The Morgan fingerprint density at radius 2 is 1.73 bits per heavy atom. The summed E-state index contributed by atoms with van der Waals surface area (Å²) < 4.78 is 35.9. The molecule has 41 heavy (non-hydrogen) atoms. The molecular weight excluding hydrogens is 567 g/mol. The molecular formula is C30H35ClF2N5O2P. The lowest BCUT2D eigenvalue weighted by Gasteiger charge is -2.40. The van der Waals surface area contributed by atoms with Crippen LogP contribution in [0.25, 0.3) is 0 Å². The van der Waals surface area contributed by atoms with Crippen molar-refractivity contribution in [3.63, 3.8) is 0 Å². The Labute approximate surface area is 245 Å².